The van der Waals surface area contributed by atoms with Crippen LogP contribution in [0.3, 0.4) is 0 Å². The predicted molar refractivity (Wildman–Crippen MR) is 58.3 cm³/mol. The Morgan fingerprint density at radius 1 is 1.43 bits per heavy atom. The Bertz CT molecular complexity index is 185. The zero-order valence-electron chi connectivity index (χ0n) is 9.51. The van der Waals surface area contributed by atoms with Crippen LogP contribution in [0, 0.1) is 11.3 Å². The number of hydrogen-bond donors (Lipinski definition) is 1. The van der Waals surface area contributed by atoms with E-state index >= 15 is 0 Å². The van der Waals surface area contributed by atoms with Crippen molar-refractivity contribution in [2.45, 2.75) is 45.6 Å². The number of ether oxygens (including phenoxy) is 1. The first-order valence-corrected chi connectivity index (χ1v) is 6.05. The first-order valence-electron chi connectivity index (χ1n) is 6.05. The summed E-state index contributed by atoms with van der Waals surface area (Å²) in [7, 11) is 0. The fraction of sp³-hybridized carbons (Fsp3) is 1.00. The van der Waals surface area contributed by atoms with Crippen LogP contribution < -0.4 is 5.32 Å². The summed E-state index contributed by atoms with van der Waals surface area (Å²) in [6.45, 7) is 7.64. The van der Waals surface area contributed by atoms with E-state index in [1.807, 2.05) is 0 Å². The normalized spacial score (nSPS) is 27.0. The first-order chi connectivity index (χ1) is 6.73. The van der Waals surface area contributed by atoms with Crippen LogP contribution in [0.25, 0.3) is 0 Å². The molecule has 1 saturated carbocycles. The maximum atomic E-state index is 5.27. The van der Waals surface area contributed by atoms with Crippen molar-refractivity contribution in [3.63, 3.8) is 0 Å². The van der Waals surface area contributed by atoms with Gasteiger partial charge in [0, 0.05) is 18.0 Å². The highest BCUT2D eigenvalue weighted by molar-refractivity contribution is 4.90. The van der Waals surface area contributed by atoms with Crippen LogP contribution >= 0.6 is 0 Å². The first kappa shape index (κ1) is 10.4. The van der Waals surface area contributed by atoms with Crippen molar-refractivity contribution >= 4 is 0 Å². The van der Waals surface area contributed by atoms with E-state index in [1.54, 1.807) is 0 Å². The molecule has 0 radical (unpaired) electrons. The van der Waals surface area contributed by atoms with Gasteiger partial charge in [-0.05, 0) is 25.2 Å². The van der Waals surface area contributed by atoms with Gasteiger partial charge in [-0.25, -0.2) is 0 Å². The second-order valence-electron chi connectivity index (χ2n) is 5.42. The van der Waals surface area contributed by atoms with E-state index in [-0.39, 0.29) is 0 Å². The second-order valence-corrected chi connectivity index (χ2v) is 5.42. The third kappa shape index (κ3) is 2.48. The summed E-state index contributed by atoms with van der Waals surface area (Å²) in [5.41, 5.74) is 0.431. The molecule has 0 aromatic carbocycles. The van der Waals surface area contributed by atoms with Crippen LogP contribution in [0.2, 0.25) is 0 Å². The number of nitrogens with one attached hydrogen (secondary N) is 1. The Kier molecular flexibility index (Phi) is 3.13. The van der Waals surface area contributed by atoms with Gasteiger partial charge in [0.05, 0.1) is 13.2 Å². The van der Waals surface area contributed by atoms with E-state index < -0.39 is 0 Å². The Labute approximate surface area is 87.4 Å². The molecule has 0 amide bonds. The van der Waals surface area contributed by atoms with Gasteiger partial charge >= 0.3 is 0 Å². The third-order valence-corrected chi connectivity index (χ3v) is 3.48. The minimum Gasteiger partial charge on any atom is -0.380 e. The van der Waals surface area contributed by atoms with E-state index in [1.165, 1.54) is 25.7 Å². The van der Waals surface area contributed by atoms with Crippen molar-refractivity contribution in [2.75, 3.05) is 19.8 Å². The quantitative estimate of drug-likeness (QED) is 0.705. The highest BCUT2D eigenvalue weighted by Gasteiger charge is 2.36. The summed E-state index contributed by atoms with van der Waals surface area (Å²) in [5.74, 6) is 0.986. The standard InChI is InChI=1S/C12H23NO/c1-3-4-11(10-5-6-10)13-7-12(2)8-14-9-12/h10-11,13H,3-9H2,1-2H3. The fourth-order valence-corrected chi connectivity index (χ4v) is 2.24. The molecule has 82 valence electrons. The van der Waals surface area contributed by atoms with E-state index in [2.05, 4.69) is 19.2 Å². The number of rotatable bonds is 6. The fourth-order valence-electron chi connectivity index (χ4n) is 2.24. The topological polar surface area (TPSA) is 21.3 Å². The Hall–Kier alpha value is -0.0800. The van der Waals surface area contributed by atoms with Crippen molar-refractivity contribution in [1.82, 2.24) is 5.32 Å². The molecule has 1 N–H and O–H groups in total. The number of hydrogen-bond acceptors (Lipinski definition) is 2. The average molecular weight is 197 g/mol. The lowest BCUT2D eigenvalue weighted by atomic mass is 9.88. The molecule has 2 rings (SSSR count). The highest BCUT2D eigenvalue weighted by atomic mass is 16.5. The summed E-state index contributed by atoms with van der Waals surface area (Å²) < 4.78 is 5.27. The largest absolute Gasteiger partial charge is 0.380 e. The van der Waals surface area contributed by atoms with Gasteiger partial charge in [0.15, 0.2) is 0 Å². The van der Waals surface area contributed by atoms with Gasteiger partial charge in [-0.1, -0.05) is 20.3 Å². The van der Waals surface area contributed by atoms with Crippen molar-refractivity contribution in [3.8, 4) is 0 Å². The third-order valence-electron chi connectivity index (χ3n) is 3.48. The van der Waals surface area contributed by atoms with E-state index in [4.69, 9.17) is 4.74 Å². The summed E-state index contributed by atoms with van der Waals surface area (Å²) >= 11 is 0. The van der Waals surface area contributed by atoms with Crippen LogP contribution in [0.1, 0.15) is 39.5 Å². The molecule has 1 saturated heterocycles. The van der Waals surface area contributed by atoms with Gasteiger partial charge in [-0.15, -0.1) is 0 Å². The van der Waals surface area contributed by atoms with Crippen molar-refractivity contribution in [1.29, 1.82) is 0 Å². The summed E-state index contributed by atoms with van der Waals surface area (Å²) in [6, 6.07) is 0.789. The molecule has 2 nitrogen and oxygen atoms in total. The molecule has 1 heterocycles. The van der Waals surface area contributed by atoms with Gasteiger partial charge in [-0.2, -0.15) is 0 Å². The molecule has 0 spiro atoms. The SMILES string of the molecule is CCCC(NCC1(C)COC1)C1CC1. The summed E-state index contributed by atoms with van der Waals surface area (Å²) in [4.78, 5) is 0. The van der Waals surface area contributed by atoms with Crippen LogP contribution in [-0.4, -0.2) is 25.8 Å². The molecule has 1 atom stereocenters. The van der Waals surface area contributed by atoms with Gasteiger partial charge < -0.3 is 10.1 Å². The Morgan fingerprint density at radius 2 is 2.14 bits per heavy atom. The zero-order chi connectivity index (χ0) is 10.0. The van der Waals surface area contributed by atoms with Crippen molar-refractivity contribution in [3.05, 3.63) is 0 Å². The molecule has 0 bridgehead atoms. The van der Waals surface area contributed by atoms with Gasteiger partial charge in [0.1, 0.15) is 0 Å². The van der Waals surface area contributed by atoms with Gasteiger partial charge in [0.2, 0.25) is 0 Å². The molecule has 2 fully saturated rings. The van der Waals surface area contributed by atoms with Crippen molar-refractivity contribution < 1.29 is 4.74 Å². The molecular weight excluding hydrogens is 174 g/mol. The Balaban J connectivity index is 1.70. The summed E-state index contributed by atoms with van der Waals surface area (Å²) in [6.07, 6.45) is 5.55. The minimum absolute atomic E-state index is 0.431. The molecule has 1 unspecified atom stereocenters. The molecule has 14 heavy (non-hydrogen) atoms. The monoisotopic (exact) mass is 197 g/mol. The smallest absolute Gasteiger partial charge is 0.0554 e. The van der Waals surface area contributed by atoms with Crippen molar-refractivity contribution in [2.24, 2.45) is 11.3 Å². The van der Waals surface area contributed by atoms with Crippen LogP contribution in [0.15, 0.2) is 0 Å². The zero-order valence-corrected chi connectivity index (χ0v) is 9.51. The maximum absolute atomic E-state index is 5.27. The van der Waals surface area contributed by atoms with E-state index in [0.29, 0.717) is 5.41 Å². The lowest BCUT2D eigenvalue weighted by molar-refractivity contribution is -0.100. The Morgan fingerprint density at radius 3 is 2.57 bits per heavy atom. The second kappa shape index (κ2) is 4.19. The molecule has 0 aromatic rings. The molecule has 1 aliphatic heterocycles. The minimum atomic E-state index is 0.431. The molecular formula is C12H23NO. The van der Waals surface area contributed by atoms with E-state index in [9.17, 15) is 0 Å². The maximum Gasteiger partial charge on any atom is 0.0554 e. The predicted octanol–water partition coefficient (Wildman–Crippen LogP) is 2.19. The summed E-state index contributed by atoms with van der Waals surface area (Å²) in [5, 5.41) is 3.75. The molecule has 0 aromatic heterocycles. The van der Waals surface area contributed by atoms with Crippen LogP contribution in [-0.2, 0) is 4.74 Å². The van der Waals surface area contributed by atoms with Gasteiger partial charge in [-0.3, -0.25) is 0 Å². The lowest BCUT2D eigenvalue weighted by Gasteiger charge is -2.39. The molecule has 2 aliphatic rings. The van der Waals surface area contributed by atoms with E-state index in [0.717, 1.165) is 31.7 Å². The van der Waals surface area contributed by atoms with Crippen LogP contribution in [0.5, 0.6) is 0 Å². The average Bonchev–Trinajstić information content (AvgIpc) is 2.92. The van der Waals surface area contributed by atoms with Crippen LogP contribution in [0.4, 0.5) is 0 Å². The molecule has 2 heteroatoms. The highest BCUT2D eigenvalue weighted by Crippen LogP contribution is 2.35. The van der Waals surface area contributed by atoms with Gasteiger partial charge in [0.25, 0.3) is 0 Å². The lowest BCUT2D eigenvalue weighted by Crippen LogP contribution is -2.49. The molecule has 1 aliphatic carbocycles.